The van der Waals surface area contributed by atoms with E-state index in [1.54, 1.807) is 0 Å². The Kier molecular flexibility index (Phi) is 7.39. The molecular formula is C26H40N4O2. The quantitative estimate of drug-likeness (QED) is 0.773. The summed E-state index contributed by atoms with van der Waals surface area (Å²) in [6.07, 6.45) is 7.50. The molecule has 0 aromatic heterocycles. The number of carbonyl (C=O) groups excluding carboxylic acids is 2. The fourth-order valence-electron chi connectivity index (χ4n) is 5.58. The summed E-state index contributed by atoms with van der Waals surface area (Å²) in [5.41, 5.74) is 1.24. The molecule has 6 heteroatoms. The van der Waals surface area contributed by atoms with Crippen LogP contribution in [-0.4, -0.2) is 70.9 Å². The van der Waals surface area contributed by atoms with Gasteiger partial charge in [0.05, 0.1) is 0 Å². The smallest absolute Gasteiger partial charge is 0.317 e. The highest BCUT2D eigenvalue weighted by molar-refractivity contribution is 5.79. The number of likely N-dealkylation sites (tertiary alicyclic amines) is 1. The first-order valence-corrected chi connectivity index (χ1v) is 12.6. The van der Waals surface area contributed by atoms with Gasteiger partial charge in [-0.1, -0.05) is 49.6 Å². The van der Waals surface area contributed by atoms with E-state index in [0.717, 1.165) is 65.0 Å². The predicted molar refractivity (Wildman–Crippen MR) is 127 cm³/mol. The number of benzene rings is 1. The average Bonchev–Trinajstić information content (AvgIpc) is 2.81. The zero-order valence-electron chi connectivity index (χ0n) is 19.9. The third-order valence-corrected chi connectivity index (χ3v) is 7.67. The van der Waals surface area contributed by atoms with Gasteiger partial charge in [0.25, 0.3) is 0 Å². The lowest BCUT2D eigenvalue weighted by Crippen LogP contribution is -2.62. The average molecular weight is 441 g/mol. The lowest BCUT2D eigenvalue weighted by molar-refractivity contribution is -0.137. The van der Waals surface area contributed by atoms with Gasteiger partial charge in [-0.25, -0.2) is 4.79 Å². The Morgan fingerprint density at radius 2 is 1.59 bits per heavy atom. The summed E-state index contributed by atoms with van der Waals surface area (Å²) in [5.74, 6) is 0.593. The second-order valence-corrected chi connectivity index (χ2v) is 10.5. The van der Waals surface area contributed by atoms with Gasteiger partial charge in [-0.05, 0) is 45.1 Å². The summed E-state index contributed by atoms with van der Waals surface area (Å²) in [6.45, 7) is 9.27. The van der Waals surface area contributed by atoms with E-state index in [-0.39, 0.29) is 23.5 Å². The van der Waals surface area contributed by atoms with Crippen molar-refractivity contribution >= 4 is 11.9 Å². The minimum absolute atomic E-state index is 0.0505. The number of piperidine rings is 1. The van der Waals surface area contributed by atoms with Gasteiger partial charge < -0.3 is 15.1 Å². The van der Waals surface area contributed by atoms with Crippen LogP contribution in [0.2, 0.25) is 0 Å². The van der Waals surface area contributed by atoms with Crippen LogP contribution in [0.5, 0.6) is 0 Å². The van der Waals surface area contributed by atoms with E-state index in [0.29, 0.717) is 5.91 Å². The zero-order chi connectivity index (χ0) is 22.6. The Morgan fingerprint density at radius 1 is 0.906 bits per heavy atom. The standard InChI is InChI=1S/C26H40N4O2/c1-26(2)20-29(17-18-30(26)19-21-9-5-3-6-10-21)25(32)27-23-13-15-28(16-14-23)24(31)22-11-7-4-8-12-22/h3,5-6,9-10,22-23H,4,7-8,11-20H2,1-2H3,(H,27,32). The molecule has 2 aliphatic heterocycles. The van der Waals surface area contributed by atoms with E-state index in [4.69, 9.17) is 0 Å². The SMILES string of the molecule is CC1(C)CN(C(=O)NC2CCN(C(=O)C3CCCCC3)CC2)CCN1Cc1ccccc1. The highest BCUT2D eigenvalue weighted by Gasteiger charge is 2.36. The highest BCUT2D eigenvalue weighted by Crippen LogP contribution is 2.27. The molecule has 1 aromatic carbocycles. The van der Waals surface area contributed by atoms with Crippen LogP contribution in [0.3, 0.4) is 0 Å². The van der Waals surface area contributed by atoms with E-state index in [2.05, 4.69) is 48.3 Å². The monoisotopic (exact) mass is 440 g/mol. The van der Waals surface area contributed by atoms with Crippen LogP contribution in [0, 0.1) is 5.92 Å². The molecule has 1 aromatic rings. The molecule has 0 unspecified atom stereocenters. The number of hydrogen-bond donors (Lipinski definition) is 1. The molecule has 4 rings (SSSR count). The Hall–Kier alpha value is -2.08. The molecule has 176 valence electrons. The van der Waals surface area contributed by atoms with Crippen molar-refractivity contribution in [3.63, 3.8) is 0 Å². The van der Waals surface area contributed by atoms with Crippen LogP contribution < -0.4 is 5.32 Å². The molecule has 0 spiro atoms. The number of carbonyl (C=O) groups is 2. The molecule has 3 amide bonds. The number of urea groups is 1. The van der Waals surface area contributed by atoms with Crippen molar-refractivity contribution in [2.75, 3.05) is 32.7 Å². The molecule has 2 heterocycles. The summed E-state index contributed by atoms with van der Waals surface area (Å²) in [7, 11) is 0. The minimum Gasteiger partial charge on any atom is -0.342 e. The lowest BCUT2D eigenvalue weighted by Gasteiger charge is -2.47. The second kappa shape index (κ2) is 10.2. The molecule has 6 nitrogen and oxygen atoms in total. The number of nitrogens with one attached hydrogen (secondary N) is 1. The first-order valence-electron chi connectivity index (χ1n) is 12.6. The largest absolute Gasteiger partial charge is 0.342 e. The normalized spacial score (nSPS) is 23.2. The number of rotatable bonds is 4. The van der Waals surface area contributed by atoms with Crippen LogP contribution in [0.4, 0.5) is 4.79 Å². The maximum absolute atomic E-state index is 13.0. The molecule has 0 atom stereocenters. The minimum atomic E-state index is -0.0682. The van der Waals surface area contributed by atoms with Crippen LogP contribution in [-0.2, 0) is 11.3 Å². The Labute approximate surface area is 193 Å². The molecule has 0 radical (unpaired) electrons. The summed E-state index contributed by atoms with van der Waals surface area (Å²) >= 11 is 0. The number of hydrogen-bond acceptors (Lipinski definition) is 3. The summed E-state index contributed by atoms with van der Waals surface area (Å²) in [6, 6.07) is 10.8. The molecule has 3 aliphatic rings. The topological polar surface area (TPSA) is 55.9 Å². The Morgan fingerprint density at radius 3 is 2.25 bits per heavy atom. The molecule has 1 N–H and O–H groups in total. The number of nitrogens with zero attached hydrogens (tertiary/aromatic N) is 3. The van der Waals surface area contributed by atoms with Gasteiger partial charge in [0, 0.05) is 56.8 Å². The van der Waals surface area contributed by atoms with E-state index in [1.165, 1.54) is 24.8 Å². The predicted octanol–water partition coefficient (Wildman–Crippen LogP) is 3.86. The third kappa shape index (κ3) is 5.64. The van der Waals surface area contributed by atoms with Crippen molar-refractivity contribution in [3.8, 4) is 0 Å². The molecular weight excluding hydrogens is 400 g/mol. The maximum Gasteiger partial charge on any atom is 0.317 e. The maximum atomic E-state index is 13.0. The number of amides is 3. The highest BCUT2D eigenvalue weighted by atomic mass is 16.2. The fraction of sp³-hybridized carbons (Fsp3) is 0.692. The summed E-state index contributed by atoms with van der Waals surface area (Å²) < 4.78 is 0. The van der Waals surface area contributed by atoms with Gasteiger partial charge in [0.2, 0.25) is 5.91 Å². The van der Waals surface area contributed by atoms with E-state index in [1.807, 2.05) is 15.9 Å². The lowest BCUT2D eigenvalue weighted by atomic mass is 9.87. The first-order chi connectivity index (χ1) is 15.4. The van der Waals surface area contributed by atoms with Crippen molar-refractivity contribution in [1.82, 2.24) is 20.0 Å². The van der Waals surface area contributed by atoms with E-state index < -0.39 is 0 Å². The van der Waals surface area contributed by atoms with E-state index in [9.17, 15) is 9.59 Å². The first kappa shape index (κ1) is 23.1. The van der Waals surface area contributed by atoms with Gasteiger partial charge in [0.15, 0.2) is 0 Å². The molecule has 32 heavy (non-hydrogen) atoms. The van der Waals surface area contributed by atoms with Crippen molar-refractivity contribution in [2.45, 2.75) is 76.9 Å². The number of piperazine rings is 1. The Bertz CT molecular complexity index is 767. The van der Waals surface area contributed by atoms with Crippen LogP contribution in [0.15, 0.2) is 30.3 Å². The molecule has 2 saturated heterocycles. The van der Waals surface area contributed by atoms with Gasteiger partial charge >= 0.3 is 6.03 Å². The zero-order valence-corrected chi connectivity index (χ0v) is 19.9. The van der Waals surface area contributed by atoms with Gasteiger partial charge in [0.1, 0.15) is 0 Å². The van der Waals surface area contributed by atoms with Crippen LogP contribution in [0.1, 0.15) is 64.4 Å². The van der Waals surface area contributed by atoms with Crippen molar-refractivity contribution < 1.29 is 9.59 Å². The Balaban J connectivity index is 1.23. The molecule has 3 fully saturated rings. The van der Waals surface area contributed by atoms with Crippen molar-refractivity contribution in [1.29, 1.82) is 0 Å². The molecule has 0 bridgehead atoms. The third-order valence-electron chi connectivity index (χ3n) is 7.67. The van der Waals surface area contributed by atoms with Crippen molar-refractivity contribution in [3.05, 3.63) is 35.9 Å². The van der Waals surface area contributed by atoms with E-state index >= 15 is 0 Å². The van der Waals surface area contributed by atoms with Crippen molar-refractivity contribution in [2.24, 2.45) is 5.92 Å². The van der Waals surface area contributed by atoms with Gasteiger partial charge in [-0.2, -0.15) is 0 Å². The van der Waals surface area contributed by atoms with Gasteiger partial charge in [-0.15, -0.1) is 0 Å². The molecule has 1 saturated carbocycles. The van der Waals surface area contributed by atoms with Crippen LogP contribution >= 0.6 is 0 Å². The second-order valence-electron chi connectivity index (χ2n) is 10.5. The summed E-state index contributed by atoms with van der Waals surface area (Å²) in [5, 5.41) is 3.26. The molecule has 1 aliphatic carbocycles. The van der Waals surface area contributed by atoms with Crippen LogP contribution in [0.25, 0.3) is 0 Å². The fourth-order valence-corrected chi connectivity index (χ4v) is 5.58. The van der Waals surface area contributed by atoms with Gasteiger partial charge in [-0.3, -0.25) is 9.69 Å². The summed E-state index contributed by atoms with van der Waals surface area (Å²) in [4.78, 5) is 32.3.